The second-order valence-corrected chi connectivity index (χ2v) is 11.9. The van der Waals surface area contributed by atoms with Gasteiger partial charge in [-0.15, -0.1) is 0 Å². The number of phenols is 1. The third kappa shape index (κ3) is 8.61. The summed E-state index contributed by atoms with van der Waals surface area (Å²) in [7, 11) is 1.53. The Kier molecular flexibility index (Phi) is 11.5. The summed E-state index contributed by atoms with van der Waals surface area (Å²) in [5.41, 5.74) is 0.759. The van der Waals surface area contributed by atoms with E-state index in [4.69, 9.17) is 4.74 Å². The zero-order chi connectivity index (χ0) is 27.2. The minimum absolute atomic E-state index is 0.0253. The van der Waals surface area contributed by atoms with Gasteiger partial charge in [0.15, 0.2) is 0 Å². The van der Waals surface area contributed by atoms with Crippen LogP contribution in [0.2, 0.25) is 0 Å². The highest BCUT2D eigenvalue weighted by Crippen LogP contribution is 2.27. The van der Waals surface area contributed by atoms with Gasteiger partial charge in [-0.05, 0) is 70.9 Å². The molecule has 36 heavy (non-hydrogen) atoms. The monoisotopic (exact) mass is 616 g/mol. The van der Waals surface area contributed by atoms with Crippen molar-refractivity contribution in [2.45, 2.75) is 78.6 Å². The van der Waals surface area contributed by atoms with E-state index in [0.29, 0.717) is 16.4 Å². The SMILES string of the molecule is CC(C)[C@@H]1C[C@H](O)[C@H](C)C[C@H](C)C[C@H](C)C(=O)NCC(=O)N(C)[C@H](Cc2ccc(O)c(I)c2)C(=O)O1. The summed E-state index contributed by atoms with van der Waals surface area (Å²) in [6, 6.07) is 4.09. The number of benzene rings is 1. The van der Waals surface area contributed by atoms with Crippen molar-refractivity contribution in [1.29, 1.82) is 0 Å². The van der Waals surface area contributed by atoms with E-state index in [9.17, 15) is 24.6 Å². The molecule has 202 valence electrons. The van der Waals surface area contributed by atoms with E-state index in [1.54, 1.807) is 18.2 Å². The van der Waals surface area contributed by atoms with Crippen LogP contribution in [-0.2, 0) is 25.5 Å². The van der Waals surface area contributed by atoms with Crippen LogP contribution in [0, 0.1) is 27.2 Å². The highest BCUT2D eigenvalue weighted by molar-refractivity contribution is 14.1. The molecule has 1 heterocycles. The summed E-state index contributed by atoms with van der Waals surface area (Å²) in [5, 5.41) is 23.5. The van der Waals surface area contributed by atoms with Gasteiger partial charge in [-0.2, -0.15) is 0 Å². The summed E-state index contributed by atoms with van der Waals surface area (Å²) in [6.45, 7) is 9.55. The number of hydrogen-bond donors (Lipinski definition) is 3. The fourth-order valence-electron chi connectivity index (χ4n) is 4.67. The smallest absolute Gasteiger partial charge is 0.329 e. The van der Waals surface area contributed by atoms with Gasteiger partial charge in [-0.3, -0.25) is 9.59 Å². The highest BCUT2D eigenvalue weighted by atomic mass is 127. The predicted molar refractivity (Wildman–Crippen MR) is 146 cm³/mol. The number of halogens is 1. The molecule has 6 atom stereocenters. The average Bonchev–Trinajstić information content (AvgIpc) is 2.80. The van der Waals surface area contributed by atoms with E-state index in [1.165, 1.54) is 11.9 Å². The number of aliphatic hydroxyl groups is 1. The Morgan fingerprint density at radius 3 is 2.42 bits per heavy atom. The molecule has 2 rings (SSSR count). The van der Waals surface area contributed by atoms with Crippen LogP contribution in [0.1, 0.15) is 59.4 Å². The second kappa shape index (κ2) is 13.6. The Bertz CT molecular complexity index is 924. The van der Waals surface area contributed by atoms with Crippen molar-refractivity contribution in [3.05, 3.63) is 27.3 Å². The van der Waals surface area contributed by atoms with Crippen LogP contribution in [-0.4, -0.2) is 64.7 Å². The second-order valence-electron chi connectivity index (χ2n) is 10.7. The molecule has 0 unspecified atom stereocenters. The van der Waals surface area contributed by atoms with Crippen molar-refractivity contribution in [2.75, 3.05) is 13.6 Å². The highest BCUT2D eigenvalue weighted by Gasteiger charge is 2.33. The largest absolute Gasteiger partial charge is 0.507 e. The first-order valence-electron chi connectivity index (χ1n) is 12.7. The third-order valence-electron chi connectivity index (χ3n) is 7.11. The number of esters is 1. The Hall–Kier alpha value is -1.88. The predicted octanol–water partition coefficient (Wildman–Crippen LogP) is 3.50. The van der Waals surface area contributed by atoms with Crippen LogP contribution in [0.4, 0.5) is 0 Å². The van der Waals surface area contributed by atoms with Crippen molar-refractivity contribution < 1.29 is 29.3 Å². The zero-order valence-electron chi connectivity index (χ0n) is 22.2. The molecule has 1 aromatic rings. The Labute approximate surface area is 228 Å². The number of aliphatic hydroxyl groups excluding tert-OH is 1. The van der Waals surface area contributed by atoms with Crippen LogP contribution in [0.3, 0.4) is 0 Å². The van der Waals surface area contributed by atoms with Gasteiger partial charge in [0.1, 0.15) is 17.9 Å². The summed E-state index contributed by atoms with van der Waals surface area (Å²) >= 11 is 2.01. The van der Waals surface area contributed by atoms with E-state index >= 15 is 0 Å². The van der Waals surface area contributed by atoms with Crippen molar-refractivity contribution >= 4 is 40.4 Å². The standard InChI is InChI=1S/C27H41IN2O6/c1-15(2)24-13-23(32)17(4)9-16(3)10-18(5)26(34)29-14-25(33)30(6)21(27(35)36-24)12-19-7-8-22(31)20(28)11-19/h7-8,11,15-18,21,23-24,31-32H,9-10,12-14H2,1-6H3,(H,29,34)/t16-,17+,18-,21+,23-,24-/m0/s1. The number of likely N-dealkylation sites (N-methyl/N-ethyl adjacent to an activating group) is 1. The van der Waals surface area contributed by atoms with E-state index in [0.717, 1.165) is 12.0 Å². The van der Waals surface area contributed by atoms with Crippen LogP contribution < -0.4 is 5.32 Å². The fourth-order valence-corrected chi connectivity index (χ4v) is 5.25. The van der Waals surface area contributed by atoms with Crippen molar-refractivity contribution in [2.24, 2.45) is 23.7 Å². The molecule has 8 nitrogen and oxygen atoms in total. The zero-order valence-corrected chi connectivity index (χ0v) is 24.3. The molecule has 1 aliphatic heterocycles. The van der Waals surface area contributed by atoms with E-state index < -0.39 is 30.1 Å². The molecule has 0 radical (unpaired) electrons. The van der Waals surface area contributed by atoms with Crippen molar-refractivity contribution in [3.8, 4) is 5.75 Å². The minimum atomic E-state index is -0.934. The van der Waals surface area contributed by atoms with E-state index in [1.807, 2.05) is 50.3 Å². The van der Waals surface area contributed by atoms with Crippen LogP contribution in [0.15, 0.2) is 18.2 Å². The number of aromatic hydroxyl groups is 1. The lowest BCUT2D eigenvalue weighted by Gasteiger charge is -2.32. The Balaban J connectivity index is 2.38. The Morgan fingerprint density at radius 1 is 1.14 bits per heavy atom. The first kappa shape index (κ1) is 30.3. The van der Waals surface area contributed by atoms with Gasteiger partial charge in [0.2, 0.25) is 11.8 Å². The molecule has 1 fully saturated rings. The number of nitrogens with one attached hydrogen (secondary N) is 1. The lowest BCUT2D eigenvalue weighted by molar-refractivity contribution is -0.162. The number of ether oxygens (including phenoxy) is 1. The maximum Gasteiger partial charge on any atom is 0.329 e. The topological polar surface area (TPSA) is 116 Å². The number of phenolic OH excluding ortho intramolecular Hbond substituents is 1. The maximum absolute atomic E-state index is 13.5. The summed E-state index contributed by atoms with van der Waals surface area (Å²) in [5.74, 6) is -1.16. The first-order valence-corrected chi connectivity index (χ1v) is 13.8. The third-order valence-corrected chi connectivity index (χ3v) is 7.97. The van der Waals surface area contributed by atoms with Crippen LogP contribution >= 0.6 is 22.6 Å². The number of rotatable bonds is 3. The molecular formula is C27H41IN2O6. The quantitative estimate of drug-likeness (QED) is 0.354. The molecular weight excluding hydrogens is 575 g/mol. The molecule has 0 saturated carbocycles. The number of carbonyl (C=O) groups excluding carboxylic acids is 3. The van der Waals surface area contributed by atoms with Gasteiger partial charge in [0.05, 0.1) is 16.2 Å². The maximum atomic E-state index is 13.5. The number of nitrogens with zero attached hydrogens (tertiary/aromatic N) is 1. The molecule has 1 saturated heterocycles. The normalized spacial score (nSPS) is 29.7. The molecule has 2 amide bonds. The van der Waals surface area contributed by atoms with Crippen molar-refractivity contribution in [3.63, 3.8) is 0 Å². The molecule has 0 bridgehead atoms. The van der Waals surface area contributed by atoms with Gasteiger partial charge in [0, 0.05) is 25.8 Å². The summed E-state index contributed by atoms with van der Waals surface area (Å²) in [4.78, 5) is 40.4. The Morgan fingerprint density at radius 2 is 1.81 bits per heavy atom. The first-order chi connectivity index (χ1) is 16.8. The molecule has 0 aliphatic carbocycles. The average molecular weight is 617 g/mol. The molecule has 0 spiro atoms. The lowest BCUT2D eigenvalue weighted by atomic mass is 9.84. The molecule has 3 N–H and O–H groups in total. The number of amides is 2. The molecule has 9 heteroatoms. The van der Waals surface area contributed by atoms with Crippen molar-refractivity contribution in [1.82, 2.24) is 10.2 Å². The van der Waals surface area contributed by atoms with Gasteiger partial charge in [0.25, 0.3) is 0 Å². The van der Waals surface area contributed by atoms with E-state index in [-0.39, 0.29) is 48.3 Å². The lowest BCUT2D eigenvalue weighted by Crippen LogP contribution is -2.50. The number of carbonyl (C=O) groups is 3. The van der Waals surface area contributed by atoms with E-state index in [2.05, 4.69) is 12.2 Å². The number of cyclic esters (lactones) is 1. The molecule has 1 aliphatic rings. The van der Waals surface area contributed by atoms with Crippen LogP contribution in [0.25, 0.3) is 0 Å². The van der Waals surface area contributed by atoms with Gasteiger partial charge >= 0.3 is 5.97 Å². The molecule has 0 aromatic heterocycles. The number of hydrogen-bond acceptors (Lipinski definition) is 6. The van der Waals surface area contributed by atoms with Crippen LogP contribution in [0.5, 0.6) is 5.75 Å². The summed E-state index contributed by atoms with van der Waals surface area (Å²) < 4.78 is 6.56. The van der Waals surface area contributed by atoms with Gasteiger partial charge in [-0.1, -0.05) is 40.7 Å². The molecule has 1 aromatic carbocycles. The fraction of sp³-hybridized carbons (Fsp3) is 0.667. The van der Waals surface area contributed by atoms with Gasteiger partial charge in [-0.25, -0.2) is 4.79 Å². The summed E-state index contributed by atoms with van der Waals surface area (Å²) in [6.07, 6.45) is 0.695. The van der Waals surface area contributed by atoms with Gasteiger partial charge < -0.3 is 25.2 Å². The minimum Gasteiger partial charge on any atom is -0.507 e.